The van der Waals surface area contributed by atoms with Crippen LogP contribution in [0.1, 0.15) is 18.4 Å². The van der Waals surface area contributed by atoms with Crippen LogP contribution in [-0.4, -0.2) is 20.8 Å². The molecule has 1 unspecified atom stereocenters. The molecular formula is C11H16O2Si. The molecule has 2 nitrogen and oxygen atoms in total. The van der Waals surface area contributed by atoms with Gasteiger partial charge in [0, 0.05) is 6.61 Å². The molecular weight excluding hydrogens is 192 g/mol. The number of rotatable bonds is 2. The Labute approximate surface area is 86.3 Å². The van der Waals surface area contributed by atoms with Gasteiger partial charge in [-0.25, -0.2) is 0 Å². The summed E-state index contributed by atoms with van der Waals surface area (Å²) in [4.78, 5) is 0. The maximum Gasteiger partial charge on any atom is 0.208 e. The van der Waals surface area contributed by atoms with Gasteiger partial charge in [-0.15, -0.1) is 0 Å². The molecule has 1 saturated heterocycles. The van der Waals surface area contributed by atoms with Gasteiger partial charge in [-0.3, -0.25) is 0 Å². The maximum absolute atomic E-state index is 9.22. The van der Waals surface area contributed by atoms with E-state index in [1.807, 2.05) is 18.2 Å². The molecule has 1 aliphatic heterocycles. The lowest BCUT2D eigenvalue weighted by molar-refractivity contribution is 0.279. The monoisotopic (exact) mass is 208 g/mol. The molecule has 0 saturated carbocycles. The Hall–Kier alpha value is -0.643. The quantitative estimate of drug-likeness (QED) is 0.732. The molecule has 0 aromatic heterocycles. The second-order valence-electron chi connectivity index (χ2n) is 3.71. The van der Waals surface area contributed by atoms with E-state index in [0.29, 0.717) is 0 Å². The summed E-state index contributed by atoms with van der Waals surface area (Å²) in [5.41, 5.74) is 1.06. The zero-order valence-electron chi connectivity index (χ0n) is 8.28. The molecule has 2 rings (SSSR count). The first-order valence-corrected chi connectivity index (χ1v) is 7.08. The minimum Gasteiger partial charge on any atom is -0.415 e. The van der Waals surface area contributed by atoms with Crippen molar-refractivity contribution in [2.24, 2.45) is 0 Å². The molecule has 1 N–H and O–H groups in total. The summed E-state index contributed by atoms with van der Waals surface area (Å²) in [5.74, 6) is 0. The Morgan fingerprint density at radius 1 is 1.29 bits per heavy atom. The van der Waals surface area contributed by atoms with Gasteiger partial charge in [0.15, 0.2) is 0 Å². The molecule has 1 atom stereocenters. The average molecular weight is 208 g/mol. The minimum absolute atomic E-state index is 0.142. The summed E-state index contributed by atoms with van der Waals surface area (Å²) in [6.07, 6.45) is 2.49. The number of hydrogen-bond donors (Lipinski definition) is 1. The lowest BCUT2D eigenvalue weighted by Crippen LogP contribution is -2.38. The first-order valence-electron chi connectivity index (χ1n) is 5.22. The van der Waals surface area contributed by atoms with Gasteiger partial charge in [-0.2, -0.15) is 0 Å². The summed E-state index contributed by atoms with van der Waals surface area (Å²) in [6, 6.07) is 9.36. The Morgan fingerprint density at radius 3 is 2.86 bits per heavy atom. The van der Waals surface area contributed by atoms with E-state index in [2.05, 4.69) is 6.07 Å². The fourth-order valence-corrected chi connectivity index (χ4v) is 4.67. The molecule has 0 bridgehead atoms. The predicted octanol–water partition coefficient (Wildman–Crippen LogP) is 0.920. The highest BCUT2D eigenvalue weighted by molar-refractivity contribution is 6.68. The first kappa shape index (κ1) is 9.89. The van der Waals surface area contributed by atoms with E-state index in [1.165, 1.54) is 24.1 Å². The fraction of sp³-hybridized carbons (Fsp3) is 0.455. The Kier molecular flexibility index (Phi) is 3.34. The van der Waals surface area contributed by atoms with Crippen LogP contribution in [0.15, 0.2) is 24.3 Å². The average Bonchev–Trinajstić information content (AvgIpc) is 2.30. The second kappa shape index (κ2) is 4.73. The highest BCUT2D eigenvalue weighted by Crippen LogP contribution is 2.12. The molecule has 0 radical (unpaired) electrons. The van der Waals surface area contributed by atoms with Crippen LogP contribution in [0.5, 0.6) is 0 Å². The summed E-state index contributed by atoms with van der Waals surface area (Å²) >= 11 is 0. The van der Waals surface area contributed by atoms with Crippen molar-refractivity contribution in [3.05, 3.63) is 29.8 Å². The van der Waals surface area contributed by atoms with Crippen molar-refractivity contribution in [3.8, 4) is 0 Å². The zero-order chi connectivity index (χ0) is 9.80. The number of aliphatic hydroxyl groups is 1. The van der Waals surface area contributed by atoms with Crippen molar-refractivity contribution in [3.63, 3.8) is 0 Å². The van der Waals surface area contributed by atoms with Crippen LogP contribution in [0.4, 0.5) is 0 Å². The van der Waals surface area contributed by atoms with Crippen LogP contribution in [0.2, 0.25) is 6.04 Å². The third-order valence-corrected chi connectivity index (χ3v) is 5.58. The summed E-state index contributed by atoms with van der Waals surface area (Å²) in [5, 5.41) is 10.5. The van der Waals surface area contributed by atoms with Gasteiger partial charge >= 0.3 is 0 Å². The molecule has 1 heterocycles. The molecule has 76 valence electrons. The van der Waals surface area contributed by atoms with Gasteiger partial charge < -0.3 is 9.53 Å². The Balaban J connectivity index is 2.20. The molecule has 1 aromatic rings. The predicted molar refractivity (Wildman–Crippen MR) is 59.1 cm³/mol. The van der Waals surface area contributed by atoms with E-state index in [-0.39, 0.29) is 6.61 Å². The number of aliphatic hydroxyl groups excluding tert-OH is 1. The number of benzene rings is 1. The first-order chi connectivity index (χ1) is 6.92. The molecule has 0 aliphatic carbocycles. The molecule has 1 fully saturated rings. The van der Waals surface area contributed by atoms with Crippen molar-refractivity contribution in [2.45, 2.75) is 25.5 Å². The number of hydrogen-bond acceptors (Lipinski definition) is 2. The fourth-order valence-electron chi connectivity index (χ4n) is 1.98. The van der Waals surface area contributed by atoms with Crippen molar-refractivity contribution >= 4 is 14.2 Å². The highest BCUT2D eigenvalue weighted by atomic mass is 28.3. The minimum atomic E-state index is -1.20. The van der Waals surface area contributed by atoms with Crippen LogP contribution in [0.25, 0.3) is 0 Å². The normalized spacial score (nSPS) is 22.2. The lowest BCUT2D eigenvalue weighted by Gasteiger charge is -2.23. The lowest BCUT2D eigenvalue weighted by atomic mass is 10.2. The van der Waals surface area contributed by atoms with Crippen LogP contribution in [-0.2, 0) is 11.0 Å². The van der Waals surface area contributed by atoms with Crippen molar-refractivity contribution in [2.75, 3.05) is 6.61 Å². The molecule has 3 heteroatoms. The molecule has 14 heavy (non-hydrogen) atoms. The standard InChI is InChI=1S/C11H16O2Si/c12-9-10-5-1-2-6-11(10)14-8-4-3-7-13-14/h1-2,5-6,12,14H,3-4,7-9H2. The van der Waals surface area contributed by atoms with Gasteiger partial charge in [0.2, 0.25) is 9.04 Å². The van der Waals surface area contributed by atoms with Crippen LogP contribution in [0, 0.1) is 0 Å². The smallest absolute Gasteiger partial charge is 0.208 e. The molecule has 1 aliphatic rings. The van der Waals surface area contributed by atoms with Crippen molar-refractivity contribution in [1.29, 1.82) is 0 Å². The second-order valence-corrected chi connectivity index (χ2v) is 6.22. The van der Waals surface area contributed by atoms with Crippen molar-refractivity contribution in [1.82, 2.24) is 0 Å². The molecule has 1 aromatic carbocycles. The van der Waals surface area contributed by atoms with E-state index < -0.39 is 9.04 Å². The summed E-state index contributed by atoms with van der Waals surface area (Å²) < 4.78 is 5.83. The van der Waals surface area contributed by atoms with E-state index in [1.54, 1.807) is 0 Å². The van der Waals surface area contributed by atoms with Gasteiger partial charge in [0.25, 0.3) is 0 Å². The van der Waals surface area contributed by atoms with Crippen LogP contribution in [0.3, 0.4) is 0 Å². The van der Waals surface area contributed by atoms with Gasteiger partial charge in [-0.1, -0.05) is 30.7 Å². The third kappa shape index (κ3) is 2.05. The van der Waals surface area contributed by atoms with E-state index >= 15 is 0 Å². The molecule has 0 spiro atoms. The summed E-state index contributed by atoms with van der Waals surface area (Å²) in [7, 11) is -1.20. The summed E-state index contributed by atoms with van der Waals surface area (Å²) in [6.45, 7) is 1.06. The zero-order valence-corrected chi connectivity index (χ0v) is 9.43. The van der Waals surface area contributed by atoms with Gasteiger partial charge in [0.05, 0.1) is 6.61 Å². The largest absolute Gasteiger partial charge is 0.415 e. The van der Waals surface area contributed by atoms with Crippen LogP contribution < -0.4 is 5.19 Å². The van der Waals surface area contributed by atoms with Gasteiger partial charge in [-0.05, 0) is 23.2 Å². The van der Waals surface area contributed by atoms with E-state index in [0.717, 1.165) is 12.2 Å². The Bertz CT molecular complexity index is 295. The van der Waals surface area contributed by atoms with Crippen molar-refractivity contribution < 1.29 is 9.53 Å². The molecule has 0 amide bonds. The third-order valence-electron chi connectivity index (χ3n) is 2.75. The highest BCUT2D eigenvalue weighted by Gasteiger charge is 2.20. The SMILES string of the molecule is OCc1ccccc1[SiH]1CCCCO1. The van der Waals surface area contributed by atoms with E-state index in [9.17, 15) is 5.11 Å². The maximum atomic E-state index is 9.22. The van der Waals surface area contributed by atoms with E-state index in [4.69, 9.17) is 4.43 Å². The topological polar surface area (TPSA) is 29.5 Å². The Morgan fingerprint density at radius 2 is 2.14 bits per heavy atom. The van der Waals surface area contributed by atoms with Gasteiger partial charge in [0.1, 0.15) is 0 Å². The van der Waals surface area contributed by atoms with Crippen LogP contribution >= 0.6 is 0 Å².